The van der Waals surface area contributed by atoms with E-state index >= 15 is 0 Å². The van der Waals surface area contributed by atoms with Crippen molar-refractivity contribution >= 4 is 5.91 Å². The van der Waals surface area contributed by atoms with Crippen LogP contribution in [0.15, 0.2) is 29.1 Å². The van der Waals surface area contributed by atoms with Crippen LogP contribution in [0.2, 0.25) is 0 Å². The zero-order valence-corrected chi connectivity index (χ0v) is 15.5. The maximum atomic E-state index is 13.1. The molecule has 2 aliphatic heterocycles. The quantitative estimate of drug-likeness (QED) is 0.850. The van der Waals surface area contributed by atoms with Crippen molar-refractivity contribution in [2.24, 2.45) is 0 Å². The Balaban J connectivity index is 1.64. The lowest BCUT2D eigenvalue weighted by Gasteiger charge is -2.29. The Bertz CT molecular complexity index is 865. The van der Waals surface area contributed by atoms with Crippen LogP contribution in [0.1, 0.15) is 55.6 Å². The molecule has 3 heterocycles. The summed E-state index contributed by atoms with van der Waals surface area (Å²) in [5.74, 6) is 0.839. The lowest BCUT2D eigenvalue weighted by molar-refractivity contribution is -0.136. The van der Waals surface area contributed by atoms with Crippen LogP contribution in [-0.4, -0.2) is 37.7 Å². The van der Waals surface area contributed by atoms with E-state index in [0.29, 0.717) is 6.54 Å². The summed E-state index contributed by atoms with van der Waals surface area (Å²) < 4.78 is 3.17. The molecule has 1 saturated heterocycles. The van der Waals surface area contributed by atoms with Gasteiger partial charge in [-0.1, -0.05) is 29.8 Å². The van der Waals surface area contributed by atoms with Crippen LogP contribution in [0.4, 0.5) is 0 Å². The fraction of sp³-hybridized carbons (Fsp3) is 0.550. The largest absolute Gasteiger partial charge is 0.346 e. The lowest BCUT2D eigenvalue weighted by Crippen LogP contribution is -2.43. The molecular formula is C20H26N4O2. The van der Waals surface area contributed by atoms with Crippen LogP contribution in [-0.2, 0) is 17.8 Å². The van der Waals surface area contributed by atoms with Gasteiger partial charge in [0.15, 0.2) is 0 Å². The zero-order valence-electron chi connectivity index (χ0n) is 15.5. The highest BCUT2D eigenvalue weighted by molar-refractivity contribution is 5.81. The minimum Gasteiger partial charge on any atom is -0.338 e. The summed E-state index contributed by atoms with van der Waals surface area (Å²) in [5.41, 5.74) is 2.07. The highest BCUT2D eigenvalue weighted by Gasteiger charge is 2.36. The summed E-state index contributed by atoms with van der Waals surface area (Å²) in [6, 6.07) is 8.00. The molecule has 0 saturated carbocycles. The predicted molar refractivity (Wildman–Crippen MR) is 99.2 cm³/mol. The summed E-state index contributed by atoms with van der Waals surface area (Å²) in [4.78, 5) is 28.0. The Labute approximate surface area is 153 Å². The molecule has 0 spiro atoms. The van der Waals surface area contributed by atoms with Crippen molar-refractivity contribution in [1.82, 2.24) is 19.2 Å². The van der Waals surface area contributed by atoms with Crippen molar-refractivity contribution in [3.63, 3.8) is 0 Å². The van der Waals surface area contributed by atoms with Gasteiger partial charge in [-0.15, -0.1) is 0 Å². The third kappa shape index (κ3) is 2.97. The van der Waals surface area contributed by atoms with E-state index in [1.807, 2.05) is 36.1 Å². The van der Waals surface area contributed by atoms with Crippen LogP contribution in [0, 0.1) is 6.92 Å². The number of benzene rings is 1. The maximum absolute atomic E-state index is 13.1. The normalized spacial score (nSPS) is 22.5. The molecule has 26 heavy (non-hydrogen) atoms. The number of nitrogens with zero attached hydrogens (tertiary/aromatic N) is 4. The maximum Gasteiger partial charge on any atom is 0.346 e. The van der Waals surface area contributed by atoms with Crippen molar-refractivity contribution in [2.75, 3.05) is 6.54 Å². The highest BCUT2D eigenvalue weighted by Crippen LogP contribution is 2.27. The number of fused-ring (bicyclic) bond motifs is 1. The van der Waals surface area contributed by atoms with Gasteiger partial charge in [0.2, 0.25) is 5.91 Å². The van der Waals surface area contributed by atoms with E-state index in [1.165, 1.54) is 10.2 Å². The molecular weight excluding hydrogens is 328 g/mol. The van der Waals surface area contributed by atoms with E-state index in [9.17, 15) is 9.59 Å². The first kappa shape index (κ1) is 17.1. The number of amides is 1. The van der Waals surface area contributed by atoms with E-state index in [0.717, 1.165) is 50.0 Å². The van der Waals surface area contributed by atoms with Crippen molar-refractivity contribution in [3.8, 4) is 0 Å². The van der Waals surface area contributed by atoms with E-state index in [-0.39, 0.29) is 17.6 Å². The highest BCUT2D eigenvalue weighted by atomic mass is 16.2. The molecule has 1 aromatic carbocycles. The number of hydrogen-bond donors (Lipinski definition) is 0. The van der Waals surface area contributed by atoms with Crippen molar-refractivity contribution in [3.05, 3.63) is 51.7 Å². The molecule has 2 aromatic rings. The van der Waals surface area contributed by atoms with E-state index in [4.69, 9.17) is 0 Å². The number of carbonyl (C=O) groups excluding carboxylic acids is 1. The number of likely N-dealkylation sites (tertiary alicyclic amines) is 1. The molecule has 1 amide bonds. The molecule has 4 rings (SSSR count). The molecule has 2 aliphatic rings. The van der Waals surface area contributed by atoms with Crippen LogP contribution in [0.5, 0.6) is 0 Å². The first-order valence-corrected chi connectivity index (χ1v) is 9.59. The van der Waals surface area contributed by atoms with Gasteiger partial charge in [-0.3, -0.25) is 9.36 Å². The number of aryl methyl sites for hydroxylation is 2. The van der Waals surface area contributed by atoms with Crippen molar-refractivity contribution in [1.29, 1.82) is 0 Å². The molecule has 0 unspecified atom stereocenters. The topological polar surface area (TPSA) is 60.1 Å². The van der Waals surface area contributed by atoms with Crippen molar-refractivity contribution in [2.45, 2.75) is 64.6 Å². The van der Waals surface area contributed by atoms with E-state index in [1.54, 1.807) is 4.57 Å². The summed E-state index contributed by atoms with van der Waals surface area (Å²) in [6.45, 7) is 5.39. The minimum atomic E-state index is -0.390. The zero-order chi connectivity index (χ0) is 18.3. The average Bonchev–Trinajstić information content (AvgIpc) is 3.20. The molecule has 2 atom stereocenters. The molecule has 0 aliphatic carbocycles. The first-order chi connectivity index (χ1) is 12.5. The van der Waals surface area contributed by atoms with Gasteiger partial charge >= 0.3 is 5.69 Å². The Hall–Kier alpha value is -2.37. The standard InChI is InChI=1S/C20H26N4O2/c1-14-8-10-16(11-9-14)13-23-20(26)24-17(6-3-7-18(24)21-23)19(25)22-12-4-5-15(22)2/h8-11,15,17H,3-7,12-13H2,1-2H3/t15-,17+/m1/s1. The fourth-order valence-corrected chi connectivity index (χ4v) is 4.19. The molecule has 0 radical (unpaired) electrons. The van der Waals surface area contributed by atoms with Crippen LogP contribution in [0.25, 0.3) is 0 Å². The van der Waals surface area contributed by atoms with Crippen LogP contribution in [0.3, 0.4) is 0 Å². The van der Waals surface area contributed by atoms with Gasteiger partial charge in [0.25, 0.3) is 0 Å². The van der Waals surface area contributed by atoms with Gasteiger partial charge < -0.3 is 4.90 Å². The second-order valence-corrected chi connectivity index (χ2v) is 7.64. The Kier molecular flexibility index (Phi) is 4.42. The molecule has 6 nitrogen and oxygen atoms in total. The second-order valence-electron chi connectivity index (χ2n) is 7.64. The number of aromatic nitrogens is 3. The van der Waals surface area contributed by atoms with Crippen LogP contribution < -0.4 is 5.69 Å². The smallest absolute Gasteiger partial charge is 0.338 e. The number of hydrogen-bond acceptors (Lipinski definition) is 3. The van der Waals surface area contributed by atoms with Gasteiger partial charge in [0.1, 0.15) is 11.9 Å². The molecule has 0 N–H and O–H groups in total. The molecule has 138 valence electrons. The van der Waals surface area contributed by atoms with Gasteiger partial charge in [0, 0.05) is 19.0 Å². The third-order valence-electron chi connectivity index (χ3n) is 5.70. The van der Waals surface area contributed by atoms with E-state index < -0.39 is 6.04 Å². The van der Waals surface area contributed by atoms with Crippen LogP contribution >= 0.6 is 0 Å². The lowest BCUT2D eigenvalue weighted by atomic mass is 10.0. The first-order valence-electron chi connectivity index (χ1n) is 9.59. The Morgan fingerprint density at radius 3 is 2.65 bits per heavy atom. The number of rotatable bonds is 3. The molecule has 6 heteroatoms. The predicted octanol–water partition coefficient (Wildman–Crippen LogP) is 2.29. The number of carbonyl (C=O) groups is 1. The van der Waals surface area contributed by atoms with Gasteiger partial charge in [-0.25, -0.2) is 9.48 Å². The Morgan fingerprint density at radius 1 is 1.19 bits per heavy atom. The average molecular weight is 354 g/mol. The molecule has 0 bridgehead atoms. The summed E-state index contributed by atoms with van der Waals surface area (Å²) in [6.07, 6.45) is 4.49. The van der Waals surface area contributed by atoms with Gasteiger partial charge in [-0.2, -0.15) is 5.10 Å². The Morgan fingerprint density at radius 2 is 1.96 bits per heavy atom. The van der Waals surface area contributed by atoms with Crippen molar-refractivity contribution < 1.29 is 4.79 Å². The third-order valence-corrected chi connectivity index (χ3v) is 5.70. The SMILES string of the molecule is Cc1ccc(Cn2nc3n(c2=O)[C@H](C(=O)N2CCC[C@H]2C)CCC3)cc1. The summed E-state index contributed by atoms with van der Waals surface area (Å²) in [7, 11) is 0. The van der Waals surface area contributed by atoms with E-state index in [2.05, 4.69) is 12.0 Å². The summed E-state index contributed by atoms with van der Waals surface area (Å²) >= 11 is 0. The monoisotopic (exact) mass is 354 g/mol. The molecule has 1 aromatic heterocycles. The van der Waals surface area contributed by atoms with Gasteiger partial charge in [-0.05, 0) is 45.1 Å². The van der Waals surface area contributed by atoms with Gasteiger partial charge in [0.05, 0.1) is 6.54 Å². The minimum absolute atomic E-state index is 0.0907. The second kappa shape index (κ2) is 6.74. The molecule has 1 fully saturated rings. The fourth-order valence-electron chi connectivity index (χ4n) is 4.19. The summed E-state index contributed by atoms with van der Waals surface area (Å²) in [5, 5.41) is 4.54.